The Balaban J connectivity index is 2.00. The van der Waals surface area contributed by atoms with Gasteiger partial charge in [-0.1, -0.05) is 57.2 Å². The van der Waals surface area contributed by atoms with Crippen LogP contribution >= 0.6 is 0 Å². The van der Waals surface area contributed by atoms with Crippen LogP contribution in [0.3, 0.4) is 0 Å². The minimum atomic E-state index is -0.296. The Bertz CT molecular complexity index is 621. The summed E-state index contributed by atoms with van der Waals surface area (Å²) >= 11 is 0. The van der Waals surface area contributed by atoms with E-state index in [0.717, 1.165) is 11.1 Å². The maximum atomic E-state index is 13.1. The first-order valence-corrected chi connectivity index (χ1v) is 7.20. The maximum Gasteiger partial charge on any atom is 0.141 e. The second-order valence-electron chi connectivity index (χ2n) is 6.47. The minimum absolute atomic E-state index is 0.101. The van der Waals surface area contributed by atoms with Crippen molar-refractivity contribution < 1.29 is 9.18 Å². The lowest BCUT2D eigenvalue weighted by Crippen LogP contribution is -2.11. The van der Waals surface area contributed by atoms with E-state index in [1.54, 1.807) is 12.1 Å². The van der Waals surface area contributed by atoms with E-state index in [4.69, 9.17) is 0 Å². The van der Waals surface area contributed by atoms with E-state index in [2.05, 4.69) is 32.9 Å². The first-order chi connectivity index (χ1) is 9.84. The molecule has 0 amide bonds. The van der Waals surface area contributed by atoms with Crippen LogP contribution in [0.5, 0.6) is 0 Å². The van der Waals surface area contributed by atoms with Crippen LogP contribution in [0.1, 0.15) is 37.5 Å². The van der Waals surface area contributed by atoms with Crippen molar-refractivity contribution >= 4 is 5.78 Å². The van der Waals surface area contributed by atoms with Crippen molar-refractivity contribution in [3.05, 3.63) is 71.0 Å². The highest BCUT2D eigenvalue weighted by atomic mass is 19.1. The van der Waals surface area contributed by atoms with Gasteiger partial charge in [0.1, 0.15) is 11.6 Å². The molecule has 21 heavy (non-hydrogen) atoms. The number of hydrogen-bond acceptors (Lipinski definition) is 1. The van der Waals surface area contributed by atoms with Crippen LogP contribution in [0.25, 0.3) is 0 Å². The fourth-order valence-corrected chi connectivity index (χ4v) is 2.29. The fourth-order valence-electron chi connectivity index (χ4n) is 2.29. The van der Waals surface area contributed by atoms with E-state index in [-0.39, 0.29) is 23.4 Å². The molecule has 0 aliphatic rings. The molecule has 0 aliphatic heterocycles. The molecular weight excluding hydrogens is 263 g/mol. The van der Waals surface area contributed by atoms with E-state index in [9.17, 15) is 9.18 Å². The molecule has 0 saturated heterocycles. The van der Waals surface area contributed by atoms with Crippen molar-refractivity contribution in [3.8, 4) is 0 Å². The Morgan fingerprint density at radius 2 is 1.57 bits per heavy atom. The molecule has 0 bridgehead atoms. The summed E-state index contributed by atoms with van der Waals surface area (Å²) in [5, 5.41) is 0. The largest absolute Gasteiger partial charge is 0.299 e. The standard InChI is InChI=1S/C19H21FO/c1-19(2,3)16-9-7-14(8-10-16)12-18(21)13-15-5-4-6-17(20)11-15/h4-11H,12-13H2,1-3H3. The summed E-state index contributed by atoms with van der Waals surface area (Å²) in [6.07, 6.45) is 0.666. The van der Waals surface area contributed by atoms with Crippen molar-refractivity contribution in [2.45, 2.75) is 39.0 Å². The molecule has 2 heteroatoms. The zero-order valence-electron chi connectivity index (χ0n) is 12.8. The highest BCUT2D eigenvalue weighted by molar-refractivity contribution is 5.83. The van der Waals surface area contributed by atoms with Gasteiger partial charge >= 0.3 is 0 Å². The smallest absolute Gasteiger partial charge is 0.141 e. The van der Waals surface area contributed by atoms with Gasteiger partial charge in [-0.25, -0.2) is 4.39 Å². The zero-order chi connectivity index (χ0) is 15.5. The Hall–Kier alpha value is -1.96. The lowest BCUT2D eigenvalue weighted by molar-refractivity contribution is -0.117. The molecule has 2 aromatic carbocycles. The molecule has 0 unspecified atom stereocenters. The molecule has 0 aromatic heterocycles. The second kappa shape index (κ2) is 6.21. The SMILES string of the molecule is CC(C)(C)c1ccc(CC(=O)Cc2cccc(F)c2)cc1. The number of halogens is 1. The Morgan fingerprint density at radius 1 is 0.952 bits per heavy atom. The van der Waals surface area contributed by atoms with Crippen LogP contribution in [0.15, 0.2) is 48.5 Å². The molecule has 1 nitrogen and oxygen atoms in total. The molecule has 0 atom stereocenters. The van der Waals surface area contributed by atoms with Crippen LogP contribution in [0.2, 0.25) is 0 Å². The predicted molar refractivity (Wildman–Crippen MR) is 84.0 cm³/mol. The molecule has 0 saturated carbocycles. The molecule has 0 N–H and O–H groups in total. The van der Waals surface area contributed by atoms with E-state index in [1.165, 1.54) is 17.7 Å². The summed E-state index contributed by atoms with van der Waals surface area (Å²) in [4.78, 5) is 12.1. The zero-order valence-corrected chi connectivity index (χ0v) is 12.8. The van der Waals surface area contributed by atoms with Crippen LogP contribution in [0, 0.1) is 5.82 Å². The van der Waals surface area contributed by atoms with Crippen LogP contribution in [-0.2, 0) is 23.1 Å². The minimum Gasteiger partial charge on any atom is -0.299 e. The van der Waals surface area contributed by atoms with Gasteiger partial charge in [-0.05, 0) is 34.2 Å². The van der Waals surface area contributed by atoms with Crippen molar-refractivity contribution in [1.82, 2.24) is 0 Å². The Kier molecular flexibility index (Phi) is 4.56. The van der Waals surface area contributed by atoms with E-state index < -0.39 is 0 Å². The van der Waals surface area contributed by atoms with Crippen molar-refractivity contribution in [2.24, 2.45) is 0 Å². The number of ketones is 1. The molecule has 0 aliphatic carbocycles. The first-order valence-electron chi connectivity index (χ1n) is 7.20. The van der Waals surface area contributed by atoms with Gasteiger partial charge in [-0.2, -0.15) is 0 Å². The van der Waals surface area contributed by atoms with E-state index in [1.807, 2.05) is 12.1 Å². The first kappa shape index (κ1) is 15.4. The molecule has 0 heterocycles. The summed E-state index contributed by atoms with van der Waals surface area (Å²) in [6, 6.07) is 14.4. The maximum absolute atomic E-state index is 13.1. The number of carbonyl (C=O) groups excluding carboxylic acids is 1. The quantitative estimate of drug-likeness (QED) is 0.809. The van der Waals surface area contributed by atoms with Gasteiger partial charge in [0.15, 0.2) is 0 Å². The molecule has 2 rings (SSSR count). The summed E-state index contributed by atoms with van der Waals surface area (Å²) in [7, 11) is 0. The predicted octanol–water partition coefficient (Wildman–Crippen LogP) is 4.48. The lowest BCUT2D eigenvalue weighted by atomic mass is 9.86. The fraction of sp³-hybridized carbons (Fsp3) is 0.316. The molecule has 0 spiro atoms. The van der Waals surface area contributed by atoms with Gasteiger partial charge in [0.2, 0.25) is 0 Å². The van der Waals surface area contributed by atoms with Crippen LogP contribution in [0.4, 0.5) is 4.39 Å². The molecule has 2 aromatic rings. The van der Waals surface area contributed by atoms with Gasteiger partial charge in [-0.15, -0.1) is 0 Å². The summed E-state index contributed by atoms with van der Waals surface area (Å²) in [5.74, 6) is -0.195. The Morgan fingerprint density at radius 3 is 2.14 bits per heavy atom. The lowest BCUT2D eigenvalue weighted by Gasteiger charge is -2.19. The number of benzene rings is 2. The van der Waals surface area contributed by atoms with Crippen LogP contribution < -0.4 is 0 Å². The number of hydrogen-bond donors (Lipinski definition) is 0. The second-order valence-corrected chi connectivity index (χ2v) is 6.47. The van der Waals surface area contributed by atoms with Gasteiger partial charge in [0.05, 0.1) is 0 Å². The normalized spacial score (nSPS) is 11.4. The third-order valence-electron chi connectivity index (χ3n) is 3.51. The third kappa shape index (κ3) is 4.52. The van der Waals surface area contributed by atoms with Gasteiger partial charge in [0.25, 0.3) is 0 Å². The summed E-state index contributed by atoms with van der Waals surface area (Å²) in [6.45, 7) is 6.49. The summed E-state index contributed by atoms with van der Waals surface area (Å²) in [5.41, 5.74) is 3.10. The number of rotatable bonds is 4. The van der Waals surface area contributed by atoms with Crippen molar-refractivity contribution in [3.63, 3.8) is 0 Å². The van der Waals surface area contributed by atoms with E-state index >= 15 is 0 Å². The average Bonchev–Trinajstić information content (AvgIpc) is 2.38. The highest BCUT2D eigenvalue weighted by Crippen LogP contribution is 2.22. The monoisotopic (exact) mass is 284 g/mol. The third-order valence-corrected chi connectivity index (χ3v) is 3.51. The van der Waals surface area contributed by atoms with Gasteiger partial charge < -0.3 is 0 Å². The van der Waals surface area contributed by atoms with Gasteiger partial charge in [-0.3, -0.25) is 4.79 Å². The number of Topliss-reactive ketones (excluding diaryl/α,β-unsaturated/α-hetero) is 1. The molecule has 110 valence electrons. The molecular formula is C19H21FO. The number of carbonyl (C=O) groups is 1. The molecule has 0 fully saturated rings. The van der Waals surface area contributed by atoms with Crippen LogP contribution in [-0.4, -0.2) is 5.78 Å². The Labute approximate surface area is 125 Å². The van der Waals surface area contributed by atoms with E-state index in [0.29, 0.717) is 6.42 Å². The topological polar surface area (TPSA) is 17.1 Å². The summed E-state index contributed by atoms with van der Waals surface area (Å²) < 4.78 is 13.1. The highest BCUT2D eigenvalue weighted by Gasteiger charge is 2.13. The van der Waals surface area contributed by atoms with Crippen molar-refractivity contribution in [2.75, 3.05) is 0 Å². The van der Waals surface area contributed by atoms with Crippen molar-refractivity contribution in [1.29, 1.82) is 0 Å². The molecule has 0 radical (unpaired) electrons. The average molecular weight is 284 g/mol. The van der Waals surface area contributed by atoms with Gasteiger partial charge in [0, 0.05) is 12.8 Å².